The van der Waals surface area contributed by atoms with Crippen molar-refractivity contribution in [2.45, 2.75) is 13.3 Å². The monoisotopic (exact) mass is 314 g/mol. The van der Waals surface area contributed by atoms with Crippen molar-refractivity contribution in [1.29, 1.82) is 0 Å². The van der Waals surface area contributed by atoms with Gasteiger partial charge in [-0.25, -0.2) is 0 Å². The van der Waals surface area contributed by atoms with Gasteiger partial charge in [-0.2, -0.15) is 0 Å². The predicted molar refractivity (Wildman–Crippen MR) is 101 cm³/mol. The van der Waals surface area contributed by atoms with E-state index in [2.05, 4.69) is 73.7 Å². The first-order valence-electron chi connectivity index (χ1n) is 8.39. The standard InChI is InChI=1S/C23H22O/c1-2-19-13-15-22(16-14-19)24-18-17-23(20-9-5-3-6-10-20)21-11-7-4-8-12-21/h3-17H,2,18H2,1H3. The van der Waals surface area contributed by atoms with Gasteiger partial charge in [0, 0.05) is 0 Å². The van der Waals surface area contributed by atoms with Gasteiger partial charge < -0.3 is 4.74 Å². The highest BCUT2D eigenvalue weighted by molar-refractivity contribution is 5.79. The molecular formula is C23H22O. The minimum absolute atomic E-state index is 0.546. The molecule has 0 saturated carbocycles. The molecule has 0 aliphatic heterocycles. The Kier molecular flexibility index (Phi) is 5.47. The van der Waals surface area contributed by atoms with Gasteiger partial charge in [0.25, 0.3) is 0 Å². The molecule has 0 amide bonds. The fraction of sp³-hybridized carbons (Fsp3) is 0.130. The molecule has 0 heterocycles. The molecule has 0 fully saturated rings. The van der Waals surface area contributed by atoms with Crippen LogP contribution in [0.1, 0.15) is 23.6 Å². The Morgan fingerprint density at radius 1 is 0.750 bits per heavy atom. The van der Waals surface area contributed by atoms with Crippen LogP contribution >= 0.6 is 0 Å². The van der Waals surface area contributed by atoms with Crippen LogP contribution < -0.4 is 4.74 Å². The summed E-state index contributed by atoms with van der Waals surface area (Å²) < 4.78 is 5.90. The Morgan fingerprint density at radius 2 is 1.29 bits per heavy atom. The minimum Gasteiger partial charge on any atom is -0.490 e. The van der Waals surface area contributed by atoms with E-state index in [1.807, 2.05) is 24.3 Å². The summed E-state index contributed by atoms with van der Waals surface area (Å²) in [5, 5.41) is 0. The van der Waals surface area contributed by atoms with Gasteiger partial charge in [-0.15, -0.1) is 0 Å². The van der Waals surface area contributed by atoms with E-state index in [1.54, 1.807) is 0 Å². The van der Waals surface area contributed by atoms with Crippen molar-refractivity contribution in [2.75, 3.05) is 6.61 Å². The third kappa shape index (κ3) is 4.14. The number of rotatable bonds is 6. The van der Waals surface area contributed by atoms with Crippen molar-refractivity contribution in [3.63, 3.8) is 0 Å². The van der Waals surface area contributed by atoms with Crippen molar-refractivity contribution >= 4 is 5.57 Å². The molecule has 0 aliphatic rings. The van der Waals surface area contributed by atoms with E-state index in [4.69, 9.17) is 4.74 Å². The van der Waals surface area contributed by atoms with Crippen molar-refractivity contribution in [3.8, 4) is 5.75 Å². The molecule has 0 spiro atoms. The molecule has 0 aliphatic carbocycles. The Balaban J connectivity index is 1.79. The highest BCUT2D eigenvalue weighted by atomic mass is 16.5. The van der Waals surface area contributed by atoms with Crippen molar-refractivity contribution in [3.05, 3.63) is 108 Å². The molecule has 3 aromatic rings. The molecule has 0 aromatic heterocycles. The average Bonchev–Trinajstić information content (AvgIpc) is 2.67. The quantitative estimate of drug-likeness (QED) is 0.562. The van der Waals surface area contributed by atoms with E-state index in [9.17, 15) is 0 Å². The lowest BCUT2D eigenvalue weighted by molar-refractivity contribution is 0.363. The van der Waals surface area contributed by atoms with Crippen LogP contribution in [0.2, 0.25) is 0 Å². The lowest BCUT2D eigenvalue weighted by atomic mass is 9.98. The number of hydrogen-bond acceptors (Lipinski definition) is 1. The molecule has 0 bridgehead atoms. The van der Waals surface area contributed by atoms with Crippen molar-refractivity contribution < 1.29 is 4.74 Å². The van der Waals surface area contributed by atoms with Gasteiger partial charge in [-0.1, -0.05) is 79.7 Å². The Hall–Kier alpha value is -2.80. The van der Waals surface area contributed by atoms with Crippen molar-refractivity contribution in [2.24, 2.45) is 0 Å². The molecule has 24 heavy (non-hydrogen) atoms. The van der Waals surface area contributed by atoms with Crippen LogP contribution in [-0.4, -0.2) is 6.61 Å². The molecule has 1 nitrogen and oxygen atoms in total. The molecule has 0 N–H and O–H groups in total. The predicted octanol–water partition coefficient (Wildman–Crippen LogP) is 5.76. The highest BCUT2D eigenvalue weighted by Crippen LogP contribution is 2.23. The Labute approximate surface area is 144 Å². The molecule has 0 radical (unpaired) electrons. The Morgan fingerprint density at radius 3 is 1.79 bits per heavy atom. The molecule has 0 atom stereocenters. The summed E-state index contributed by atoms with van der Waals surface area (Å²) >= 11 is 0. The SMILES string of the molecule is CCc1ccc(OCC=C(c2ccccc2)c2ccccc2)cc1. The summed E-state index contributed by atoms with van der Waals surface area (Å²) in [6, 6.07) is 29.2. The van der Waals surface area contributed by atoms with E-state index >= 15 is 0 Å². The van der Waals surface area contributed by atoms with E-state index in [-0.39, 0.29) is 0 Å². The van der Waals surface area contributed by atoms with Gasteiger partial charge in [0.2, 0.25) is 0 Å². The minimum atomic E-state index is 0.546. The molecule has 120 valence electrons. The topological polar surface area (TPSA) is 9.23 Å². The van der Waals surface area contributed by atoms with Crippen LogP contribution in [0.5, 0.6) is 5.75 Å². The third-order valence-corrected chi connectivity index (χ3v) is 4.04. The molecule has 0 unspecified atom stereocenters. The summed E-state index contributed by atoms with van der Waals surface area (Å²) in [6.45, 7) is 2.70. The maximum Gasteiger partial charge on any atom is 0.119 e. The van der Waals surface area contributed by atoms with E-state index in [0.717, 1.165) is 12.2 Å². The molecule has 1 heteroatoms. The molecule has 3 rings (SSSR count). The summed E-state index contributed by atoms with van der Waals surface area (Å²) in [4.78, 5) is 0. The third-order valence-electron chi connectivity index (χ3n) is 4.04. The number of aryl methyl sites for hydroxylation is 1. The van der Waals surface area contributed by atoms with E-state index < -0.39 is 0 Å². The van der Waals surface area contributed by atoms with E-state index in [0.29, 0.717) is 6.61 Å². The van der Waals surface area contributed by atoms with Gasteiger partial charge >= 0.3 is 0 Å². The summed E-state index contributed by atoms with van der Waals surface area (Å²) in [7, 11) is 0. The van der Waals surface area contributed by atoms with Gasteiger partial charge in [-0.3, -0.25) is 0 Å². The zero-order valence-electron chi connectivity index (χ0n) is 14.0. The first kappa shape index (κ1) is 16.1. The largest absolute Gasteiger partial charge is 0.490 e. The Bertz CT molecular complexity index is 730. The van der Waals surface area contributed by atoms with E-state index in [1.165, 1.54) is 22.3 Å². The first-order chi connectivity index (χ1) is 11.9. The zero-order valence-corrected chi connectivity index (χ0v) is 14.0. The lowest BCUT2D eigenvalue weighted by Gasteiger charge is -2.10. The number of benzene rings is 3. The van der Waals surface area contributed by atoms with Gasteiger partial charge in [0.1, 0.15) is 12.4 Å². The fourth-order valence-electron chi connectivity index (χ4n) is 2.68. The smallest absolute Gasteiger partial charge is 0.119 e. The van der Waals surface area contributed by atoms with Crippen LogP contribution in [0.15, 0.2) is 91.0 Å². The van der Waals surface area contributed by atoms with Crippen LogP contribution in [0.3, 0.4) is 0 Å². The molecular weight excluding hydrogens is 292 g/mol. The maximum atomic E-state index is 5.90. The van der Waals surface area contributed by atoms with Crippen LogP contribution in [0, 0.1) is 0 Å². The molecule has 0 saturated heterocycles. The average molecular weight is 314 g/mol. The van der Waals surface area contributed by atoms with Crippen LogP contribution in [-0.2, 0) is 6.42 Å². The molecule has 3 aromatic carbocycles. The summed E-state index contributed by atoms with van der Waals surface area (Å²) in [5.41, 5.74) is 4.93. The summed E-state index contributed by atoms with van der Waals surface area (Å²) in [6.07, 6.45) is 3.20. The summed E-state index contributed by atoms with van der Waals surface area (Å²) in [5.74, 6) is 0.906. The van der Waals surface area contributed by atoms with Crippen LogP contribution in [0.25, 0.3) is 5.57 Å². The van der Waals surface area contributed by atoms with Gasteiger partial charge in [0.05, 0.1) is 0 Å². The van der Waals surface area contributed by atoms with Crippen LogP contribution in [0.4, 0.5) is 0 Å². The van der Waals surface area contributed by atoms with Crippen molar-refractivity contribution in [1.82, 2.24) is 0 Å². The highest BCUT2D eigenvalue weighted by Gasteiger charge is 2.04. The second-order valence-electron chi connectivity index (χ2n) is 5.66. The van der Waals surface area contributed by atoms with Gasteiger partial charge in [0.15, 0.2) is 0 Å². The second-order valence-corrected chi connectivity index (χ2v) is 5.66. The fourth-order valence-corrected chi connectivity index (χ4v) is 2.68. The zero-order chi connectivity index (χ0) is 16.6. The normalized spacial score (nSPS) is 10.2. The number of hydrogen-bond donors (Lipinski definition) is 0. The van der Waals surface area contributed by atoms with Gasteiger partial charge in [-0.05, 0) is 46.9 Å². The number of ether oxygens (including phenoxy) is 1. The lowest BCUT2D eigenvalue weighted by Crippen LogP contribution is -1.97. The second kappa shape index (κ2) is 8.16. The maximum absolute atomic E-state index is 5.90. The first-order valence-corrected chi connectivity index (χ1v) is 8.39.